The summed E-state index contributed by atoms with van der Waals surface area (Å²) in [4.78, 5) is 25.1. The Labute approximate surface area is 168 Å². The van der Waals surface area contributed by atoms with Crippen molar-refractivity contribution in [1.82, 2.24) is 9.78 Å². The molecule has 3 aromatic rings. The Bertz CT molecular complexity index is 1080. The zero-order chi connectivity index (χ0) is 21.8. The van der Waals surface area contributed by atoms with E-state index in [0.29, 0.717) is 5.69 Å². The van der Waals surface area contributed by atoms with Crippen molar-refractivity contribution in [1.29, 1.82) is 0 Å². The smallest absolute Gasteiger partial charge is 0.387 e. The van der Waals surface area contributed by atoms with Crippen molar-refractivity contribution in [2.45, 2.75) is 6.61 Å². The van der Waals surface area contributed by atoms with Crippen LogP contribution in [0.4, 0.5) is 13.2 Å². The number of aromatic nitrogens is 2. The third-order valence-electron chi connectivity index (χ3n) is 4.08. The van der Waals surface area contributed by atoms with Gasteiger partial charge in [0.25, 0.3) is 0 Å². The van der Waals surface area contributed by atoms with E-state index < -0.39 is 35.7 Å². The van der Waals surface area contributed by atoms with Crippen LogP contribution in [0, 0.1) is 5.82 Å². The van der Waals surface area contributed by atoms with Gasteiger partial charge in [-0.15, -0.1) is 0 Å². The van der Waals surface area contributed by atoms with Gasteiger partial charge in [0, 0.05) is 5.56 Å². The van der Waals surface area contributed by atoms with Crippen LogP contribution in [0.15, 0.2) is 48.5 Å². The minimum atomic E-state index is -3.33. The summed E-state index contributed by atoms with van der Waals surface area (Å²) >= 11 is 0. The van der Waals surface area contributed by atoms with Crippen molar-refractivity contribution in [3.63, 3.8) is 0 Å². The second kappa shape index (κ2) is 8.68. The molecule has 0 bridgehead atoms. The summed E-state index contributed by atoms with van der Waals surface area (Å²) in [6.45, 7) is -3.33. The number of benzene rings is 2. The lowest BCUT2D eigenvalue weighted by atomic mass is 10.0. The quantitative estimate of drug-likeness (QED) is 0.564. The summed E-state index contributed by atoms with van der Waals surface area (Å²) in [5.41, 5.74) is -0.908. The van der Waals surface area contributed by atoms with Gasteiger partial charge in [0.2, 0.25) is 0 Å². The third kappa shape index (κ3) is 3.84. The summed E-state index contributed by atoms with van der Waals surface area (Å²) in [7, 11) is 2.16. The molecule has 3 rings (SSSR count). The minimum Gasteiger partial charge on any atom is -0.465 e. The highest BCUT2D eigenvalue weighted by Gasteiger charge is 2.33. The molecule has 0 fully saturated rings. The van der Waals surface area contributed by atoms with Crippen LogP contribution in [0.25, 0.3) is 16.9 Å². The molecule has 0 saturated carbocycles. The number of hydrogen-bond donors (Lipinski definition) is 0. The van der Waals surface area contributed by atoms with Crippen molar-refractivity contribution in [3.05, 3.63) is 65.6 Å². The molecule has 0 atom stereocenters. The SMILES string of the molecule is COC(=O)c1c(-c2cccc(F)c2OC(F)F)nn(-c2ccccc2)c1C(=O)OC. The van der Waals surface area contributed by atoms with Gasteiger partial charge in [-0.3, -0.25) is 0 Å². The van der Waals surface area contributed by atoms with E-state index in [1.807, 2.05) is 0 Å². The fourth-order valence-electron chi connectivity index (χ4n) is 2.85. The Morgan fingerprint density at radius 3 is 2.23 bits per heavy atom. The predicted octanol–water partition coefficient (Wildman–Crippen LogP) is 3.85. The van der Waals surface area contributed by atoms with E-state index >= 15 is 0 Å². The van der Waals surface area contributed by atoms with Gasteiger partial charge in [0.1, 0.15) is 11.3 Å². The Balaban J connectivity index is 2.39. The molecule has 1 aromatic heterocycles. The maximum Gasteiger partial charge on any atom is 0.387 e. The molecule has 0 aliphatic rings. The maximum absolute atomic E-state index is 14.3. The molecular formula is C20H15F3N2O5. The van der Waals surface area contributed by atoms with E-state index in [1.54, 1.807) is 30.3 Å². The first-order chi connectivity index (χ1) is 14.4. The van der Waals surface area contributed by atoms with E-state index in [0.717, 1.165) is 25.0 Å². The number of esters is 2. The van der Waals surface area contributed by atoms with Gasteiger partial charge < -0.3 is 14.2 Å². The van der Waals surface area contributed by atoms with Crippen molar-refractivity contribution >= 4 is 11.9 Å². The van der Waals surface area contributed by atoms with Crippen LogP contribution in [0.3, 0.4) is 0 Å². The first-order valence-corrected chi connectivity index (χ1v) is 8.47. The van der Waals surface area contributed by atoms with E-state index in [9.17, 15) is 22.8 Å². The standard InChI is InChI=1S/C20H15F3N2O5/c1-28-18(26)14-15(12-9-6-10-13(21)17(12)30-20(22)23)24-25(16(14)19(27)29-2)11-7-4-3-5-8-11/h3-10,20H,1-2H3. The molecule has 0 unspecified atom stereocenters. The number of hydrogen-bond acceptors (Lipinski definition) is 6. The molecular weight excluding hydrogens is 405 g/mol. The molecule has 0 radical (unpaired) electrons. The number of halogens is 3. The van der Waals surface area contributed by atoms with Crippen molar-refractivity contribution in [2.75, 3.05) is 14.2 Å². The van der Waals surface area contributed by atoms with Gasteiger partial charge in [-0.05, 0) is 24.3 Å². The zero-order valence-corrected chi connectivity index (χ0v) is 15.8. The van der Waals surface area contributed by atoms with Crippen molar-refractivity contribution < 1.29 is 37.0 Å². The normalized spacial score (nSPS) is 10.7. The van der Waals surface area contributed by atoms with Crippen LogP contribution in [0.2, 0.25) is 0 Å². The van der Waals surface area contributed by atoms with Crippen LogP contribution >= 0.6 is 0 Å². The second-order valence-electron chi connectivity index (χ2n) is 5.80. The number of methoxy groups -OCH3 is 2. The lowest BCUT2D eigenvalue weighted by Gasteiger charge is -2.11. The molecule has 0 N–H and O–H groups in total. The van der Waals surface area contributed by atoms with Crippen LogP contribution in [0.1, 0.15) is 20.8 Å². The van der Waals surface area contributed by atoms with E-state index in [4.69, 9.17) is 9.47 Å². The number of rotatable bonds is 6. The number of ether oxygens (including phenoxy) is 3. The third-order valence-corrected chi connectivity index (χ3v) is 4.08. The molecule has 0 aliphatic carbocycles. The summed E-state index contributed by atoms with van der Waals surface area (Å²) in [6.07, 6.45) is 0. The molecule has 0 spiro atoms. The maximum atomic E-state index is 14.3. The average molecular weight is 420 g/mol. The monoisotopic (exact) mass is 420 g/mol. The number of carbonyl (C=O) groups is 2. The molecule has 30 heavy (non-hydrogen) atoms. The lowest BCUT2D eigenvalue weighted by Crippen LogP contribution is -2.15. The molecule has 0 amide bonds. The lowest BCUT2D eigenvalue weighted by molar-refractivity contribution is -0.0517. The first-order valence-electron chi connectivity index (χ1n) is 8.47. The Kier molecular flexibility index (Phi) is 6.05. The molecule has 1 heterocycles. The summed E-state index contributed by atoms with van der Waals surface area (Å²) in [5.74, 6) is -3.87. The number of nitrogens with zero attached hydrogens (tertiary/aromatic N) is 2. The fourth-order valence-corrected chi connectivity index (χ4v) is 2.85. The Morgan fingerprint density at radius 1 is 0.967 bits per heavy atom. The van der Waals surface area contributed by atoms with Crippen molar-refractivity contribution in [3.8, 4) is 22.7 Å². The number of carbonyl (C=O) groups excluding carboxylic acids is 2. The van der Waals surface area contributed by atoms with Gasteiger partial charge in [-0.25, -0.2) is 18.7 Å². The summed E-state index contributed by atoms with van der Waals surface area (Å²) in [6, 6.07) is 11.6. The molecule has 0 saturated heterocycles. The molecule has 0 aliphatic heterocycles. The van der Waals surface area contributed by atoms with Gasteiger partial charge in [-0.2, -0.15) is 13.9 Å². The van der Waals surface area contributed by atoms with E-state index in [2.05, 4.69) is 9.84 Å². The van der Waals surface area contributed by atoms with Crippen molar-refractivity contribution in [2.24, 2.45) is 0 Å². The van der Waals surface area contributed by atoms with Crippen LogP contribution in [-0.4, -0.2) is 42.6 Å². The predicted molar refractivity (Wildman–Crippen MR) is 98.3 cm³/mol. The van der Waals surface area contributed by atoms with Crippen LogP contribution < -0.4 is 4.74 Å². The largest absolute Gasteiger partial charge is 0.465 e. The highest BCUT2D eigenvalue weighted by atomic mass is 19.3. The molecule has 7 nitrogen and oxygen atoms in total. The molecule has 2 aromatic carbocycles. The number of para-hydroxylation sites is 2. The minimum absolute atomic E-state index is 0.268. The Hall–Kier alpha value is -3.82. The second-order valence-corrected chi connectivity index (χ2v) is 5.80. The molecule has 10 heteroatoms. The average Bonchev–Trinajstić information content (AvgIpc) is 3.14. The van der Waals surface area contributed by atoms with Crippen LogP contribution in [0.5, 0.6) is 5.75 Å². The topological polar surface area (TPSA) is 79.7 Å². The van der Waals surface area contributed by atoms with Gasteiger partial charge in [-0.1, -0.05) is 24.3 Å². The first kappa shape index (κ1) is 20.9. The fraction of sp³-hybridized carbons (Fsp3) is 0.150. The van der Waals surface area contributed by atoms with Crippen LogP contribution in [-0.2, 0) is 9.47 Å². The highest BCUT2D eigenvalue weighted by molar-refractivity contribution is 6.07. The van der Waals surface area contributed by atoms with Gasteiger partial charge in [0.15, 0.2) is 17.3 Å². The molecule has 156 valence electrons. The summed E-state index contributed by atoms with van der Waals surface area (Å²) < 4.78 is 54.9. The van der Waals surface area contributed by atoms with E-state index in [-0.39, 0.29) is 17.0 Å². The number of alkyl halides is 2. The highest BCUT2D eigenvalue weighted by Crippen LogP contribution is 2.37. The summed E-state index contributed by atoms with van der Waals surface area (Å²) in [5, 5.41) is 4.22. The van der Waals surface area contributed by atoms with Gasteiger partial charge in [0.05, 0.1) is 19.9 Å². The Morgan fingerprint density at radius 2 is 1.63 bits per heavy atom. The van der Waals surface area contributed by atoms with Gasteiger partial charge >= 0.3 is 18.6 Å². The zero-order valence-electron chi connectivity index (χ0n) is 15.8. The van der Waals surface area contributed by atoms with E-state index in [1.165, 1.54) is 12.1 Å².